The Morgan fingerprint density at radius 3 is 1.82 bits per heavy atom. The van der Waals surface area contributed by atoms with Gasteiger partial charge in [-0.1, -0.05) is 35.3 Å². The van der Waals surface area contributed by atoms with Crippen LogP contribution in [0.5, 0.6) is 11.5 Å². The first-order valence-corrected chi connectivity index (χ1v) is 23.4. The number of anilines is 2. The predicted octanol–water partition coefficient (Wildman–Crippen LogP) is 10.2. The number of hydrogen-bond acceptors (Lipinski definition) is 15. The van der Waals surface area contributed by atoms with Crippen molar-refractivity contribution in [2.24, 2.45) is 0 Å². The molecule has 0 bridgehead atoms. The second-order valence-electron chi connectivity index (χ2n) is 15.1. The van der Waals surface area contributed by atoms with E-state index in [-0.39, 0.29) is 6.09 Å². The van der Waals surface area contributed by atoms with Crippen LogP contribution in [0.1, 0.15) is 38.9 Å². The van der Waals surface area contributed by atoms with E-state index >= 15 is 0 Å². The molecule has 6 aromatic heterocycles. The van der Waals surface area contributed by atoms with Crippen LogP contribution in [0.15, 0.2) is 85.5 Å². The molecule has 10 rings (SSSR count). The second kappa shape index (κ2) is 19.9. The van der Waals surface area contributed by atoms with E-state index in [2.05, 4.69) is 25.9 Å². The molecular weight excluding hydrogens is 904 g/mol. The van der Waals surface area contributed by atoms with Gasteiger partial charge in [0.25, 0.3) is 0 Å². The van der Waals surface area contributed by atoms with Crippen molar-refractivity contribution in [1.29, 1.82) is 0 Å². The van der Waals surface area contributed by atoms with E-state index in [1.165, 1.54) is 16.0 Å². The Labute approximate surface area is 393 Å². The number of pyridine rings is 2. The van der Waals surface area contributed by atoms with Crippen molar-refractivity contribution in [2.75, 3.05) is 44.5 Å². The maximum Gasteiger partial charge on any atom is 0.410 e. The van der Waals surface area contributed by atoms with Crippen LogP contribution < -0.4 is 25.4 Å². The molecule has 0 unspecified atom stereocenters. The van der Waals surface area contributed by atoms with Gasteiger partial charge >= 0.3 is 6.09 Å². The van der Waals surface area contributed by atoms with Gasteiger partial charge in [-0.2, -0.15) is 0 Å². The first kappa shape index (κ1) is 44.1. The molecule has 0 aliphatic carbocycles. The number of carbonyl (C=O) groups excluding carboxylic acids is 1. The van der Waals surface area contributed by atoms with E-state index in [1.807, 2.05) is 67.6 Å². The van der Waals surface area contributed by atoms with Crippen molar-refractivity contribution < 1.29 is 19.0 Å². The molecule has 14 nitrogen and oxygen atoms in total. The summed E-state index contributed by atoms with van der Waals surface area (Å²) >= 11 is 16.0. The highest BCUT2D eigenvalue weighted by atomic mass is 35.5. The SMILES string of the molecule is CCOC(=O)N1CCc2c(sc3nc(-c4cccnc4)nc(NCc4ccc(OC)c(Cl)c4)c23)C1.COc1ccc(CNc2nc(-c3cccnc3)nc3sc4c(c23)CCNC4)cc1Cl. The molecule has 8 aromatic rings. The summed E-state index contributed by atoms with van der Waals surface area (Å²) in [5.41, 5.74) is 6.33. The highest BCUT2D eigenvalue weighted by Crippen LogP contribution is 2.40. The quantitative estimate of drug-likeness (QED) is 0.112. The molecule has 2 aliphatic heterocycles. The Morgan fingerprint density at radius 1 is 0.754 bits per heavy atom. The summed E-state index contributed by atoms with van der Waals surface area (Å²) in [7, 11) is 3.21. The van der Waals surface area contributed by atoms with Crippen LogP contribution in [0.4, 0.5) is 16.4 Å². The van der Waals surface area contributed by atoms with E-state index in [9.17, 15) is 4.79 Å². The largest absolute Gasteiger partial charge is 0.495 e. The van der Waals surface area contributed by atoms with Crippen LogP contribution in [-0.2, 0) is 43.8 Å². The number of carbonyl (C=O) groups is 1. The van der Waals surface area contributed by atoms with Crippen LogP contribution in [-0.4, -0.2) is 74.8 Å². The second-order valence-corrected chi connectivity index (χ2v) is 18.1. The lowest BCUT2D eigenvalue weighted by Crippen LogP contribution is -2.35. The Bertz CT molecular complexity index is 2990. The number of rotatable bonds is 11. The molecule has 1 amide bonds. The molecule has 18 heteroatoms. The van der Waals surface area contributed by atoms with E-state index in [0.29, 0.717) is 72.4 Å². The van der Waals surface area contributed by atoms with Crippen LogP contribution in [0.2, 0.25) is 10.0 Å². The number of fused-ring (bicyclic) bond motifs is 6. The number of ether oxygens (including phenoxy) is 3. The molecule has 0 fully saturated rings. The molecule has 2 aliphatic rings. The summed E-state index contributed by atoms with van der Waals surface area (Å²) in [6, 6.07) is 19.2. The van der Waals surface area contributed by atoms with Crippen LogP contribution in [0.3, 0.4) is 0 Å². The first-order chi connectivity index (χ1) is 31.8. The zero-order valence-electron chi connectivity index (χ0n) is 35.8. The van der Waals surface area contributed by atoms with Crippen molar-refractivity contribution in [3.63, 3.8) is 0 Å². The number of halogens is 2. The predicted molar refractivity (Wildman–Crippen MR) is 259 cm³/mol. The highest BCUT2D eigenvalue weighted by molar-refractivity contribution is 7.19. The summed E-state index contributed by atoms with van der Waals surface area (Å²) in [6.07, 6.45) is 8.44. The van der Waals surface area contributed by atoms with Gasteiger partial charge in [0.1, 0.15) is 32.8 Å². The summed E-state index contributed by atoms with van der Waals surface area (Å²) < 4.78 is 15.7. The summed E-state index contributed by atoms with van der Waals surface area (Å²) in [6.45, 7) is 6.25. The van der Waals surface area contributed by atoms with Crippen LogP contribution in [0, 0.1) is 0 Å². The lowest BCUT2D eigenvalue weighted by Gasteiger charge is -2.26. The number of aromatic nitrogens is 6. The fourth-order valence-electron chi connectivity index (χ4n) is 7.81. The third-order valence-corrected chi connectivity index (χ3v) is 13.8. The topological polar surface area (TPSA) is 161 Å². The third-order valence-electron chi connectivity index (χ3n) is 11.0. The number of nitrogens with zero attached hydrogens (tertiary/aromatic N) is 7. The molecule has 0 saturated heterocycles. The highest BCUT2D eigenvalue weighted by Gasteiger charge is 2.28. The van der Waals surface area contributed by atoms with Gasteiger partial charge in [0, 0.05) is 71.8 Å². The molecule has 0 atom stereocenters. The van der Waals surface area contributed by atoms with Crippen molar-refractivity contribution in [1.82, 2.24) is 40.1 Å². The van der Waals surface area contributed by atoms with Crippen LogP contribution in [0.25, 0.3) is 43.2 Å². The molecule has 332 valence electrons. The minimum Gasteiger partial charge on any atom is -0.495 e. The lowest BCUT2D eigenvalue weighted by atomic mass is 10.0. The summed E-state index contributed by atoms with van der Waals surface area (Å²) in [5, 5.41) is 13.8. The molecule has 65 heavy (non-hydrogen) atoms. The van der Waals surface area contributed by atoms with Gasteiger partial charge < -0.3 is 35.1 Å². The van der Waals surface area contributed by atoms with Crippen molar-refractivity contribution >= 4 is 84.0 Å². The Morgan fingerprint density at radius 2 is 1.31 bits per heavy atom. The smallest absolute Gasteiger partial charge is 0.410 e. The average Bonchev–Trinajstić information content (AvgIpc) is 3.91. The lowest BCUT2D eigenvalue weighted by molar-refractivity contribution is 0.103. The zero-order valence-corrected chi connectivity index (χ0v) is 38.9. The zero-order chi connectivity index (χ0) is 44.9. The molecule has 3 N–H and O–H groups in total. The maximum absolute atomic E-state index is 12.3. The van der Waals surface area contributed by atoms with Crippen molar-refractivity contribution in [3.05, 3.63) is 128 Å². The Kier molecular flexibility index (Phi) is 13.5. The fraction of sp³-hybridized carbons (Fsp3) is 0.255. The average molecular weight is 948 g/mol. The number of thiophene rings is 2. The van der Waals surface area contributed by atoms with Gasteiger partial charge in [0.05, 0.1) is 48.2 Å². The molecule has 0 saturated carbocycles. The number of hydrogen-bond donors (Lipinski definition) is 3. The first-order valence-electron chi connectivity index (χ1n) is 21.0. The van der Waals surface area contributed by atoms with Gasteiger partial charge in [-0.25, -0.2) is 24.7 Å². The third kappa shape index (κ3) is 9.63. The summed E-state index contributed by atoms with van der Waals surface area (Å²) in [5.74, 6) is 4.19. The minimum absolute atomic E-state index is 0.285. The molecule has 0 spiro atoms. The monoisotopic (exact) mass is 946 g/mol. The molecule has 0 radical (unpaired) electrons. The van der Waals surface area contributed by atoms with E-state index < -0.39 is 0 Å². The number of nitrogens with one attached hydrogen (secondary N) is 3. The van der Waals surface area contributed by atoms with E-state index in [1.54, 1.807) is 66.6 Å². The van der Waals surface area contributed by atoms with Gasteiger partial charge in [0.15, 0.2) is 11.6 Å². The van der Waals surface area contributed by atoms with Gasteiger partial charge in [-0.15, -0.1) is 22.7 Å². The molecule has 8 heterocycles. The molecule has 2 aromatic carbocycles. The van der Waals surface area contributed by atoms with E-state index in [4.69, 9.17) is 57.3 Å². The van der Waals surface area contributed by atoms with E-state index in [0.717, 1.165) is 78.7 Å². The maximum atomic E-state index is 12.3. The number of amides is 1. The fourth-order valence-corrected chi connectivity index (χ4v) is 10.8. The van der Waals surface area contributed by atoms with Crippen molar-refractivity contribution in [3.8, 4) is 34.3 Å². The normalized spacial score (nSPS) is 13.1. The minimum atomic E-state index is -0.285. The standard InChI is InChI=1S/C25H24ClN5O3S.C22H20ClN5OS/c1-3-34-25(32)31-10-8-17-20(14-31)35-24-21(17)23(29-22(30-24)16-5-4-9-27-13-16)28-12-15-6-7-19(33-2)18(26)11-15;1-29-17-5-4-13(9-16(17)23)10-26-21-19-15-6-8-25-12-18(15)30-22(19)28-20(27-21)14-3-2-7-24-11-14/h4-7,9,11,13H,3,8,10,12,14H2,1-2H3,(H,28,29,30);2-5,7,9,11,25H,6,8,10,12H2,1H3,(H,26,27,28). The Hall–Kier alpha value is -6.17. The number of benzene rings is 2. The number of methoxy groups -OCH3 is 2. The van der Waals surface area contributed by atoms with Gasteiger partial charge in [-0.3, -0.25) is 9.97 Å². The summed E-state index contributed by atoms with van der Waals surface area (Å²) in [4.78, 5) is 46.3. The van der Waals surface area contributed by atoms with Crippen molar-refractivity contribution in [2.45, 2.75) is 45.9 Å². The Balaban J connectivity index is 0.000000166. The van der Waals surface area contributed by atoms with Crippen LogP contribution >= 0.6 is 45.9 Å². The van der Waals surface area contributed by atoms with Gasteiger partial charge in [0.2, 0.25) is 0 Å². The molecular formula is C47H44Cl2N10O4S2. The van der Waals surface area contributed by atoms with Gasteiger partial charge in [-0.05, 0) is 97.1 Å².